The van der Waals surface area contributed by atoms with Gasteiger partial charge in [0.1, 0.15) is 12.2 Å². The monoisotopic (exact) mass is 237 g/mol. The molecule has 1 aliphatic heterocycles. The van der Waals surface area contributed by atoms with Crippen molar-refractivity contribution >= 4 is 5.91 Å². The Morgan fingerprint density at radius 2 is 2.24 bits per heavy atom. The third-order valence-electron chi connectivity index (χ3n) is 3.42. The van der Waals surface area contributed by atoms with E-state index in [0.29, 0.717) is 6.54 Å². The number of aromatic amines is 1. The van der Waals surface area contributed by atoms with Gasteiger partial charge in [0.05, 0.1) is 6.54 Å². The summed E-state index contributed by atoms with van der Waals surface area (Å²) >= 11 is 0. The number of nitrogens with zero attached hydrogens (tertiary/aromatic N) is 3. The minimum atomic E-state index is -0.236. The second-order valence-electron chi connectivity index (χ2n) is 4.90. The van der Waals surface area contributed by atoms with Crippen LogP contribution in [0.15, 0.2) is 6.33 Å². The van der Waals surface area contributed by atoms with Crippen LogP contribution in [0.4, 0.5) is 0 Å². The van der Waals surface area contributed by atoms with Crippen molar-refractivity contribution in [3.8, 4) is 0 Å². The first kappa shape index (κ1) is 12.0. The van der Waals surface area contributed by atoms with E-state index >= 15 is 0 Å². The van der Waals surface area contributed by atoms with Crippen LogP contribution in [0, 0.1) is 5.41 Å². The van der Waals surface area contributed by atoms with Gasteiger partial charge in [0, 0.05) is 12.5 Å². The standard InChI is InChI=1S/C11H19N5O/c1-11(3-5-12-6-4-11)10(17)16(2)7-9-13-8-14-15-9/h8,12H,3-7H2,1-2H3,(H,13,14,15). The van der Waals surface area contributed by atoms with E-state index in [2.05, 4.69) is 20.5 Å². The minimum Gasteiger partial charge on any atom is -0.338 e. The third kappa shape index (κ3) is 2.63. The highest BCUT2D eigenvalue weighted by Gasteiger charge is 2.36. The molecule has 94 valence electrons. The summed E-state index contributed by atoms with van der Waals surface area (Å²) < 4.78 is 0. The molecule has 1 saturated heterocycles. The number of nitrogens with one attached hydrogen (secondary N) is 2. The molecule has 0 aromatic carbocycles. The van der Waals surface area contributed by atoms with Gasteiger partial charge < -0.3 is 10.2 Å². The van der Waals surface area contributed by atoms with Gasteiger partial charge in [0.25, 0.3) is 0 Å². The first-order chi connectivity index (χ1) is 8.12. The smallest absolute Gasteiger partial charge is 0.228 e. The number of H-pyrrole nitrogens is 1. The van der Waals surface area contributed by atoms with Crippen LogP contribution >= 0.6 is 0 Å². The van der Waals surface area contributed by atoms with Gasteiger partial charge in [-0.15, -0.1) is 0 Å². The van der Waals surface area contributed by atoms with E-state index < -0.39 is 0 Å². The number of rotatable bonds is 3. The molecule has 0 bridgehead atoms. The Kier molecular flexibility index (Phi) is 3.42. The van der Waals surface area contributed by atoms with Crippen LogP contribution in [-0.2, 0) is 11.3 Å². The lowest BCUT2D eigenvalue weighted by atomic mass is 9.80. The lowest BCUT2D eigenvalue weighted by Crippen LogP contribution is -2.46. The topological polar surface area (TPSA) is 73.9 Å². The molecule has 1 aromatic rings. The molecule has 0 atom stereocenters. The summed E-state index contributed by atoms with van der Waals surface area (Å²) in [5, 5.41) is 9.83. The van der Waals surface area contributed by atoms with E-state index in [1.54, 1.807) is 4.90 Å². The summed E-state index contributed by atoms with van der Waals surface area (Å²) in [4.78, 5) is 18.1. The Balaban J connectivity index is 1.98. The van der Waals surface area contributed by atoms with Gasteiger partial charge in [-0.1, -0.05) is 6.92 Å². The summed E-state index contributed by atoms with van der Waals surface area (Å²) in [7, 11) is 1.82. The molecule has 2 N–H and O–H groups in total. The van der Waals surface area contributed by atoms with E-state index in [4.69, 9.17) is 0 Å². The fourth-order valence-electron chi connectivity index (χ4n) is 2.26. The van der Waals surface area contributed by atoms with E-state index in [1.807, 2.05) is 14.0 Å². The van der Waals surface area contributed by atoms with E-state index in [-0.39, 0.29) is 11.3 Å². The molecule has 17 heavy (non-hydrogen) atoms. The van der Waals surface area contributed by atoms with Crippen LogP contribution in [0.2, 0.25) is 0 Å². The number of carbonyl (C=O) groups excluding carboxylic acids is 1. The molecule has 6 heteroatoms. The Hall–Kier alpha value is -1.43. The molecule has 0 saturated carbocycles. The zero-order valence-electron chi connectivity index (χ0n) is 10.4. The maximum atomic E-state index is 12.4. The molecular formula is C11H19N5O. The fourth-order valence-corrected chi connectivity index (χ4v) is 2.26. The van der Waals surface area contributed by atoms with E-state index in [9.17, 15) is 4.79 Å². The molecule has 0 radical (unpaired) electrons. The van der Waals surface area contributed by atoms with Gasteiger partial charge in [0.15, 0.2) is 0 Å². The van der Waals surface area contributed by atoms with E-state index in [0.717, 1.165) is 31.8 Å². The molecule has 1 aromatic heterocycles. The zero-order valence-corrected chi connectivity index (χ0v) is 10.4. The van der Waals surface area contributed by atoms with Crippen LogP contribution in [0.3, 0.4) is 0 Å². The number of hydrogen-bond donors (Lipinski definition) is 2. The van der Waals surface area contributed by atoms with Gasteiger partial charge in [-0.2, -0.15) is 5.10 Å². The van der Waals surface area contributed by atoms with Crippen molar-refractivity contribution in [3.63, 3.8) is 0 Å². The van der Waals surface area contributed by atoms with Crippen LogP contribution < -0.4 is 5.32 Å². The number of carbonyl (C=O) groups is 1. The molecule has 0 unspecified atom stereocenters. The highest BCUT2D eigenvalue weighted by atomic mass is 16.2. The van der Waals surface area contributed by atoms with Crippen molar-refractivity contribution in [1.29, 1.82) is 0 Å². The van der Waals surface area contributed by atoms with Crippen molar-refractivity contribution in [1.82, 2.24) is 25.4 Å². The van der Waals surface area contributed by atoms with E-state index in [1.165, 1.54) is 6.33 Å². The van der Waals surface area contributed by atoms with Crippen molar-refractivity contribution in [2.45, 2.75) is 26.3 Å². The molecule has 0 spiro atoms. The highest BCUT2D eigenvalue weighted by molar-refractivity contribution is 5.82. The van der Waals surface area contributed by atoms with Gasteiger partial charge in [-0.3, -0.25) is 9.89 Å². The lowest BCUT2D eigenvalue weighted by molar-refractivity contribution is -0.142. The minimum absolute atomic E-state index is 0.190. The van der Waals surface area contributed by atoms with Crippen LogP contribution in [-0.4, -0.2) is 46.1 Å². The van der Waals surface area contributed by atoms with Crippen molar-refractivity contribution in [2.75, 3.05) is 20.1 Å². The molecule has 0 aliphatic carbocycles. The van der Waals surface area contributed by atoms with Crippen LogP contribution in [0.5, 0.6) is 0 Å². The predicted molar refractivity (Wildman–Crippen MR) is 63.1 cm³/mol. The summed E-state index contributed by atoms with van der Waals surface area (Å²) in [6.07, 6.45) is 3.25. The molecule has 2 heterocycles. The Bertz CT molecular complexity index is 369. The number of aromatic nitrogens is 3. The third-order valence-corrected chi connectivity index (χ3v) is 3.42. The lowest BCUT2D eigenvalue weighted by Gasteiger charge is -2.35. The van der Waals surface area contributed by atoms with Crippen molar-refractivity contribution in [3.05, 3.63) is 12.2 Å². The number of hydrogen-bond acceptors (Lipinski definition) is 4. The first-order valence-electron chi connectivity index (χ1n) is 5.92. The molecule has 1 aliphatic rings. The Morgan fingerprint density at radius 1 is 1.53 bits per heavy atom. The second-order valence-corrected chi connectivity index (χ2v) is 4.90. The average Bonchev–Trinajstić information content (AvgIpc) is 2.81. The maximum Gasteiger partial charge on any atom is 0.228 e. The summed E-state index contributed by atoms with van der Waals surface area (Å²) in [6, 6.07) is 0. The number of amides is 1. The summed E-state index contributed by atoms with van der Waals surface area (Å²) in [6.45, 7) is 4.37. The van der Waals surface area contributed by atoms with Crippen molar-refractivity contribution in [2.24, 2.45) is 5.41 Å². The molecule has 1 amide bonds. The molecular weight excluding hydrogens is 218 g/mol. The second kappa shape index (κ2) is 4.83. The largest absolute Gasteiger partial charge is 0.338 e. The molecule has 1 fully saturated rings. The molecule has 2 rings (SSSR count). The highest BCUT2D eigenvalue weighted by Crippen LogP contribution is 2.30. The van der Waals surface area contributed by atoms with Crippen LogP contribution in [0.1, 0.15) is 25.6 Å². The van der Waals surface area contributed by atoms with Gasteiger partial charge >= 0.3 is 0 Å². The quantitative estimate of drug-likeness (QED) is 0.785. The Labute approximate surface area is 101 Å². The zero-order chi connectivity index (χ0) is 12.3. The number of piperidine rings is 1. The maximum absolute atomic E-state index is 12.4. The first-order valence-corrected chi connectivity index (χ1v) is 5.92. The summed E-state index contributed by atoms with van der Waals surface area (Å²) in [5.74, 6) is 0.911. The molecule has 6 nitrogen and oxygen atoms in total. The van der Waals surface area contributed by atoms with Gasteiger partial charge in [-0.05, 0) is 25.9 Å². The average molecular weight is 237 g/mol. The SMILES string of the molecule is CN(Cc1ncn[nH]1)C(=O)C1(C)CCNCC1. The fraction of sp³-hybridized carbons (Fsp3) is 0.727. The van der Waals surface area contributed by atoms with Crippen molar-refractivity contribution < 1.29 is 4.79 Å². The summed E-state index contributed by atoms with van der Waals surface area (Å²) in [5.41, 5.74) is -0.236. The van der Waals surface area contributed by atoms with Crippen LogP contribution in [0.25, 0.3) is 0 Å². The Morgan fingerprint density at radius 3 is 2.82 bits per heavy atom. The normalized spacial score (nSPS) is 18.9. The van der Waals surface area contributed by atoms with Gasteiger partial charge in [-0.25, -0.2) is 4.98 Å². The predicted octanol–water partition coefficient (Wildman–Crippen LogP) is 0.153. The van der Waals surface area contributed by atoms with Gasteiger partial charge in [0.2, 0.25) is 5.91 Å².